The van der Waals surface area contributed by atoms with Gasteiger partial charge in [0, 0.05) is 19.8 Å². The van der Waals surface area contributed by atoms with E-state index in [4.69, 9.17) is 11.6 Å². The van der Waals surface area contributed by atoms with Crippen molar-refractivity contribution in [1.82, 2.24) is 10.2 Å². The van der Waals surface area contributed by atoms with Gasteiger partial charge in [-0.05, 0) is 37.6 Å². The molecule has 122 valence electrons. The summed E-state index contributed by atoms with van der Waals surface area (Å²) in [5, 5.41) is 6.41. The Morgan fingerprint density at radius 3 is 2.64 bits per heavy atom. The van der Waals surface area contributed by atoms with Gasteiger partial charge in [0.2, 0.25) is 5.91 Å². The molecule has 1 fully saturated rings. The highest BCUT2D eigenvalue weighted by Gasteiger charge is 2.21. The second kappa shape index (κ2) is 8.36. The van der Waals surface area contributed by atoms with Crippen LogP contribution in [0.3, 0.4) is 0 Å². The topological polar surface area (TPSA) is 61.4 Å². The highest BCUT2D eigenvalue weighted by molar-refractivity contribution is 6.34. The summed E-state index contributed by atoms with van der Waals surface area (Å²) < 4.78 is 0. The summed E-state index contributed by atoms with van der Waals surface area (Å²) in [6.45, 7) is 0.864. The van der Waals surface area contributed by atoms with Gasteiger partial charge in [0.05, 0.1) is 16.6 Å². The molecule has 0 spiro atoms. The number of rotatable bonds is 3. The number of carbonyl (C=O) groups excluding carboxylic acids is 2. The quantitative estimate of drug-likeness (QED) is 0.884. The van der Waals surface area contributed by atoms with Crippen LogP contribution in [-0.2, 0) is 4.79 Å². The summed E-state index contributed by atoms with van der Waals surface area (Å²) in [4.78, 5) is 25.6. The third kappa shape index (κ3) is 4.60. The number of amides is 2. The number of hydrogen-bond donors (Lipinski definition) is 2. The molecule has 5 nitrogen and oxygen atoms in total. The molecule has 1 atom stereocenters. The lowest BCUT2D eigenvalue weighted by Gasteiger charge is -2.22. The van der Waals surface area contributed by atoms with Crippen molar-refractivity contribution in [1.29, 1.82) is 0 Å². The number of carbonyl (C=O) groups is 2. The van der Waals surface area contributed by atoms with Gasteiger partial charge in [0.15, 0.2) is 0 Å². The van der Waals surface area contributed by atoms with Gasteiger partial charge in [-0.15, -0.1) is 12.4 Å². The zero-order chi connectivity index (χ0) is 15.4. The lowest BCUT2D eigenvalue weighted by molar-refractivity contribution is -0.118. The van der Waals surface area contributed by atoms with Crippen LogP contribution in [0.1, 0.15) is 29.6 Å². The maximum Gasteiger partial charge on any atom is 0.254 e. The second-order valence-corrected chi connectivity index (χ2v) is 5.79. The van der Waals surface area contributed by atoms with E-state index < -0.39 is 0 Å². The molecule has 1 aliphatic heterocycles. The van der Waals surface area contributed by atoms with Gasteiger partial charge >= 0.3 is 0 Å². The third-order valence-corrected chi connectivity index (χ3v) is 3.83. The molecule has 0 aliphatic carbocycles. The summed E-state index contributed by atoms with van der Waals surface area (Å²) in [5.41, 5.74) is 0.970. The van der Waals surface area contributed by atoms with E-state index in [1.165, 1.54) is 4.90 Å². The summed E-state index contributed by atoms with van der Waals surface area (Å²) in [6.07, 6.45) is 2.99. The van der Waals surface area contributed by atoms with Gasteiger partial charge in [0.25, 0.3) is 5.91 Å². The molecule has 1 aromatic rings. The maximum atomic E-state index is 12.2. The molecule has 2 amide bonds. The number of nitrogens with zero attached hydrogens (tertiary/aromatic N) is 1. The van der Waals surface area contributed by atoms with E-state index in [0.717, 1.165) is 25.8 Å². The summed E-state index contributed by atoms with van der Waals surface area (Å²) in [7, 11) is 3.33. The Bertz CT molecular complexity index is 544. The molecule has 0 bridgehead atoms. The summed E-state index contributed by atoms with van der Waals surface area (Å²) in [6, 6.07) is 4.78. The molecular weight excluding hydrogens is 325 g/mol. The van der Waals surface area contributed by atoms with Crippen LogP contribution in [0.25, 0.3) is 0 Å². The molecule has 0 saturated carbocycles. The molecule has 2 N–H and O–H groups in total. The average molecular weight is 346 g/mol. The maximum absolute atomic E-state index is 12.2. The Kier molecular flexibility index (Phi) is 7.13. The minimum atomic E-state index is -0.188. The normalized spacial score (nSPS) is 17.3. The van der Waals surface area contributed by atoms with Gasteiger partial charge in [0.1, 0.15) is 0 Å². The van der Waals surface area contributed by atoms with Crippen molar-refractivity contribution < 1.29 is 9.59 Å². The first kappa shape index (κ1) is 18.7. The fourth-order valence-corrected chi connectivity index (χ4v) is 2.51. The number of nitrogens with one attached hydrogen (secondary N) is 2. The predicted molar refractivity (Wildman–Crippen MR) is 91.0 cm³/mol. The Labute approximate surface area is 141 Å². The van der Waals surface area contributed by atoms with Gasteiger partial charge in [-0.2, -0.15) is 0 Å². The van der Waals surface area contributed by atoms with Crippen LogP contribution < -0.4 is 10.6 Å². The number of halogens is 2. The van der Waals surface area contributed by atoms with Crippen LogP contribution in [0.5, 0.6) is 0 Å². The SMILES string of the molecule is CN(C)C(=O)c1cc(NC(=O)[C@@H]2CCCCN2)ccc1Cl.Cl. The fraction of sp³-hybridized carbons (Fsp3) is 0.467. The zero-order valence-electron chi connectivity index (χ0n) is 12.7. The van der Waals surface area contributed by atoms with Crippen LogP contribution in [0.15, 0.2) is 18.2 Å². The Balaban J connectivity index is 0.00000242. The predicted octanol–water partition coefficient (Wildman–Crippen LogP) is 2.54. The monoisotopic (exact) mass is 345 g/mol. The van der Waals surface area contributed by atoms with Crippen LogP contribution >= 0.6 is 24.0 Å². The molecular formula is C15H21Cl2N3O2. The standard InChI is InChI=1S/C15H20ClN3O2.ClH/c1-19(2)15(21)11-9-10(6-7-12(11)16)18-14(20)13-5-3-4-8-17-13;/h6-7,9,13,17H,3-5,8H2,1-2H3,(H,18,20);1H/t13-;/m0./s1. The van der Waals surface area contributed by atoms with Crippen LogP contribution in [0.2, 0.25) is 5.02 Å². The summed E-state index contributed by atoms with van der Waals surface area (Å²) >= 11 is 6.05. The molecule has 7 heteroatoms. The first-order valence-corrected chi connectivity index (χ1v) is 7.42. The minimum absolute atomic E-state index is 0. The smallest absolute Gasteiger partial charge is 0.254 e. The van der Waals surface area contributed by atoms with Crippen molar-refractivity contribution in [2.24, 2.45) is 0 Å². The van der Waals surface area contributed by atoms with E-state index in [1.54, 1.807) is 32.3 Å². The molecule has 1 saturated heterocycles. The number of anilines is 1. The van der Waals surface area contributed by atoms with Gasteiger partial charge in [-0.25, -0.2) is 0 Å². The number of hydrogen-bond acceptors (Lipinski definition) is 3. The highest BCUT2D eigenvalue weighted by atomic mass is 35.5. The molecule has 22 heavy (non-hydrogen) atoms. The lowest BCUT2D eigenvalue weighted by atomic mass is 10.0. The first-order valence-electron chi connectivity index (χ1n) is 7.04. The average Bonchev–Trinajstić information content (AvgIpc) is 2.49. The zero-order valence-corrected chi connectivity index (χ0v) is 14.3. The van der Waals surface area contributed by atoms with E-state index in [0.29, 0.717) is 16.3 Å². The van der Waals surface area contributed by atoms with E-state index in [1.807, 2.05) is 0 Å². The minimum Gasteiger partial charge on any atom is -0.345 e. The molecule has 0 unspecified atom stereocenters. The van der Waals surface area contributed by atoms with E-state index in [2.05, 4.69) is 10.6 Å². The summed E-state index contributed by atoms with van der Waals surface area (Å²) in [5.74, 6) is -0.257. The molecule has 2 rings (SSSR count). The van der Waals surface area contributed by atoms with E-state index in [9.17, 15) is 9.59 Å². The fourth-order valence-electron chi connectivity index (χ4n) is 2.31. The molecule has 0 radical (unpaired) electrons. The van der Waals surface area contributed by atoms with Crippen LogP contribution in [0, 0.1) is 0 Å². The van der Waals surface area contributed by atoms with Gasteiger partial charge in [-0.3, -0.25) is 9.59 Å². The van der Waals surface area contributed by atoms with Crippen molar-refractivity contribution in [2.45, 2.75) is 25.3 Å². The second-order valence-electron chi connectivity index (χ2n) is 5.39. The number of benzene rings is 1. The van der Waals surface area contributed by atoms with Crippen molar-refractivity contribution in [3.8, 4) is 0 Å². The Morgan fingerprint density at radius 1 is 1.32 bits per heavy atom. The lowest BCUT2D eigenvalue weighted by Crippen LogP contribution is -2.43. The third-order valence-electron chi connectivity index (χ3n) is 3.50. The van der Waals surface area contributed by atoms with Gasteiger partial charge < -0.3 is 15.5 Å². The van der Waals surface area contributed by atoms with Crippen molar-refractivity contribution in [2.75, 3.05) is 26.0 Å². The molecule has 0 aromatic heterocycles. The molecule has 1 aromatic carbocycles. The highest BCUT2D eigenvalue weighted by Crippen LogP contribution is 2.22. The van der Waals surface area contributed by atoms with Crippen LogP contribution in [-0.4, -0.2) is 43.4 Å². The Morgan fingerprint density at radius 2 is 2.05 bits per heavy atom. The van der Waals surface area contributed by atoms with E-state index >= 15 is 0 Å². The van der Waals surface area contributed by atoms with Crippen LogP contribution in [0.4, 0.5) is 5.69 Å². The largest absolute Gasteiger partial charge is 0.345 e. The Hall–Kier alpha value is -1.30. The van der Waals surface area contributed by atoms with Crippen molar-refractivity contribution >= 4 is 41.5 Å². The molecule has 1 aliphatic rings. The first-order chi connectivity index (χ1) is 9.99. The van der Waals surface area contributed by atoms with Crippen molar-refractivity contribution in [3.05, 3.63) is 28.8 Å². The van der Waals surface area contributed by atoms with Gasteiger partial charge in [-0.1, -0.05) is 18.0 Å². The number of piperidine rings is 1. The molecule has 1 heterocycles. The van der Waals surface area contributed by atoms with Crippen molar-refractivity contribution in [3.63, 3.8) is 0 Å². The van der Waals surface area contributed by atoms with E-state index in [-0.39, 0.29) is 30.3 Å².